The normalized spacial score (nSPS) is 34.8. The number of likely N-dealkylation sites (tertiary alicyclic amines) is 1. The summed E-state index contributed by atoms with van der Waals surface area (Å²) in [4.78, 5) is 2.36. The van der Waals surface area contributed by atoms with Gasteiger partial charge < -0.3 is 10.8 Å². The number of nitrogens with two attached hydrogens (primary N) is 1. The van der Waals surface area contributed by atoms with E-state index in [0.29, 0.717) is 12.6 Å². The maximum Gasteiger partial charge on any atom is 0.0814 e. The quantitative estimate of drug-likeness (QED) is 0.672. The molecule has 0 bridgehead atoms. The van der Waals surface area contributed by atoms with E-state index in [4.69, 9.17) is 5.73 Å². The van der Waals surface area contributed by atoms with Crippen molar-refractivity contribution in [2.45, 2.75) is 45.4 Å². The summed E-state index contributed by atoms with van der Waals surface area (Å²) in [6.45, 7) is 8.01. The van der Waals surface area contributed by atoms with Crippen LogP contribution in [0.15, 0.2) is 0 Å². The van der Waals surface area contributed by atoms with Gasteiger partial charge in [0.1, 0.15) is 0 Å². The van der Waals surface area contributed by atoms with Gasteiger partial charge in [-0.05, 0) is 26.2 Å². The molecule has 13 heavy (non-hydrogen) atoms. The average Bonchev–Trinajstić information content (AvgIpc) is 2.42. The fraction of sp³-hybridized carbons (Fsp3) is 1.00. The van der Waals surface area contributed by atoms with Crippen LogP contribution in [0.1, 0.15) is 27.2 Å². The number of rotatable bonds is 3. The topological polar surface area (TPSA) is 49.5 Å². The highest BCUT2D eigenvalue weighted by molar-refractivity contribution is 4.86. The molecule has 1 heterocycles. The molecule has 1 aliphatic heterocycles. The summed E-state index contributed by atoms with van der Waals surface area (Å²) in [5, 5.41) is 9.62. The molecule has 0 saturated carbocycles. The van der Waals surface area contributed by atoms with Crippen LogP contribution in [0.2, 0.25) is 0 Å². The third kappa shape index (κ3) is 2.42. The molecule has 0 aromatic rings. The number of aliphatic hydroxyl groups excluding tert-OH is 1. The Balaban J connectivity index is 2.51. The first-order valence-corrected chi connectivity index (χ1v) is 5.20. The van der Waals surface area contributed by atoms with Gasteiger partial charge in [-0.15, -0.1) is 0 Å². The molecule has 0 spiro atoms. The van der Waals surface area contributed by atoms with E-state index in [1.54, 1.807) is 0 Å². The van der Waals surface area contributed by atoms with Crippen LogP contribution in [0, 0.1) is 5.92 Å². The molecule has 1 fully saturated rings. The molecule has 0 aliphatic carbocycles. The van der Waals surface area contributed by atoms with E-state index in [1.165, 1.54) is 6.42 Å². The molecule has 1 rings (SSSR count). The van der Waals surface area contributed by atoms with Gasteiger partial charge in [-0.3, -0.25) is 4.90 Å². The Morgan fingerprint density at radius 3 is 2.54 bits per heavy atom. The summed E-state index contributed by atoms with van der Waals surface area (Å²) in [5.41, 5.74) is 5.44. The van der Waals surface area contributed by atoms with Crippen molar-refractivity contribution in [3.05, 3.63) is 0 Å². The third-order valence-electron chi connectivity index (χ3n) is 3.15. The van der Waals surface area contributed by atoms with Crippen molar-refractivity contribution in [2.75, 3.05) is 13.1 Å². The Labute approximate surface area is 80.9 Å². The minimum absolute atomic E-state index is 0.199. The summed E-state index contributed by atoms with van der Waals surface area (Å²) in [6.07, 6.45) is 0.856. The summed E-state index contributed by atoms with van der Waals surface area (Å²) in [7, 11) is 0. The lowest BCUT2D eigenvalue weighted by atomic mass is 10.1. The van der Waals surface area contributed by atoms with Crippen molar-refractivity contribution in [3.8, 4) is 0 Å². The van der Waals surface area contributed by atoms with Crippen LogP contribution in [0.4, 0.5) is 0 Å². The van der Waals surface area contributed by atoms with Crippen LogP contribution in [0.5, 0.6) is 0 Å². The van der Waals surface area contributed by atoms with Crippen molar-refractivity contribution < 1.29 is 5.11 Å². The zero-order valence-electron chi connectivity index (χ0n) is 8.90. The summed E-state index contributed by atoms with van der Waals surface area (Å²) < 4.78 is 0. The second-order valence-electron chi connectivity index (χ2n) is 4.43. The van der Waals surface area contributed by atoms with Crippen molar-refractivity contribution in [1.29, 1.82) is 0 Å². The molecule has 1 saturated heterocycles. The minimum Gasteiger partial charge on any atom is -0.390 e. The first kappa shape index (κ1) is 11.0. The van der Waals surface area contributed by atoms with E-state index >= 15 is 0 Å². The lowest BCUT2D eigenvalue weighted by Gasteiger charge is -2.31. The summed E-state index contributed by atoms with van der Waals surface area (Å²) >= 11 is 0. The van der Waals surface area contributed by atoms with Crippen molar-refractivity contribution in [1.82, 2.24) is 4.90 Å². The maximum atomic E-state index is 9.62. The first-order chi connectivity index (χ1) is 6.06. The Kier molecular flexibility index (Phi) is 3.71. The van der Waals surface area contributed by atoms with Gasteiger partial charge >= 0.3 is 0 Å². The van der Waals surface area contributed by atoms with E-state index in [2.05, 4.69) is 25.7 Å². The lowest BCUT2D eigenvalue weighted by Crippen LogP contribution is -2.46. The van der Waals surface area contributed by atoms with E-state index in [9.17, 15) is 5.11 Å². The molecule has 1 aliphatic rings. The summed E-state index contributed by atoms with van der Waals surface area (Å²) in [5.74, 6) is 0.752. The molecule has 0 aromatic carbocycles. The molecule has 3 N–H and O–H groups in total. The van der Waals surface area contributed by atoms with Crippen LogP contribution in [0.3, 0.4) is 0 Å². The predicted molar refractivity (Wildman–Crippen MR) is 54.5 cm³/mol. The number of nitrogens with zero attached hydrogens (tertiary/aromatic N) is 1. The van der Waals surface area contributed by atoms with Gasteiger partial charge in [-0.1, -0.05) is 6.92 Å². The lowest BCUT2D eigenvalue weighted by molar-refractivity contribution is 0.0593. The molecular formula is C10H22N2O. The number of hydrogen-bond acceptors (Lipinski definition) is 3. The number of hydrogen-bond donors (Lipinski definition) is 2. The van der Waals surface area contributed by atoms with Crippen LogP contribution >= 0.6 is 0 Å². The predicted octanol–water partition coefficient (Wildman–Crippen LogP) is 0.425. The molecule has 0 amide bonds. The van der Waals surface area contributed by atoms with Crippen molar-refractivity contribution in [3.63, 3.8) is 0 Å². The molecule has 0 radical (unpaired) electrons. The number of aliphatic hydroxyl groups is 1. The fourth-order valence-electron chi connectivity index (χ4n) is 2.32. The largest absolute Gasteiger partial charge is 0.390 e. The second-order valence-corrected chi connectivity index (χ2v) is 4.43. The molecule has 3 nitrogen and oxygen atoms in total. The Hall–Kier alpha value is -0.120. The van der Waals surface area contributed by atoms with E-state index in [1.807, 2.05) is 0 Å². The molecular weight excluding hydrogens is 164 g/mol. The third-order valence-corrected chi connectivity index (χ3v) is 3.15. The van der Waals surface area contributed by atoms with Gasteiger partial charge in [0.15, 0.2) is 0 Å². The standard InChI is InChI=1S/C10H22N2O/c1-7-4-8(2)12(6-7)9(3)10(13)5-11/h7-10,13H,4-6,11H2,1-3H3. The van der Waals surface area contributed by atoms with E-state index in [0.717, 1.165) is 12.5 Å². The van der Waals surface area contributed by atoms with Gasteiger partial charge in [-0.2, -0.15) is 0 Å². The molecule has 0 aromatic heterocycles. The fourth-order valence-corrected chi connectivity index (χ4v) is 2.32. The zero-order valence-corrected chi connectivity index (χ0v) is 8.90. The van der Waals surface area contributed by atoms with E-state index in [-0.39, 0.29) is 12.1 Å². The first-order valence-electron chi connectivity index (χ1n) is 5.20. The smallest absolute Gasteiger partial charge is 0.0814 e. The SMILES string of the molecule is CC1CC(C)N(C(C)C(O)CN)C1. The highest BCUT2D eigenvalue weighted by atomic mass is 16.3. The average molecular weight is 186 g/mol. The van der Waals surface area contributed by atoms with Crippen LogP contribution in [0.25, 0.3) is 0 Å². The minimum atomic E-state index is -0.382. The highest BCUT2D eigenvalue weighted by Crippen LogP contribution is 2.25. The summed E-state index contributed by atoms with van der Waals surface area (Å²) in [6, 6.07) is 0.788. The van der Waals surface area contributed by atoms with Gasteiger partial charge in [0.05, 0.1) is 6.10 Å². The maximum absolute atomic E-state index is 9.62. The van der Waals surface area contributed by atoms with Crippen LogP contribution in [-0.2, 0) is 0 Å². The molecule has 4 unspecified atom stereocenters. The monoisotopic (exact) mass is 186 g/mol. The van der Waals surface area contributed by atoms with Gasteiger partial charge in [0, 0.05) is 25.2 Å². The van der Waals surface area contributed by atoms with Crippen LogP contribution < -0.4 is 5.73 Å². The Bertz CT molecular complexity index is 163. The Morgan fingerprint density at radius 1 is 1.54 bits per heavy atom. The van der Waals surface area contributed by atoms with Gasteiger partial charge in [-0.25, -0.2) is 0 Å². The van der Waals surface area contributed by atoms with Crippen LogP contribution in [-0.4, -0.2) is 41.3 Å². The van der Waals surface area contributed by atoms with E-state index < -0.39 is 0 Å². The van der Waals surface area contributed by atoms with Gasteiger partial charge in [0.25, 0.3) is 0 Å². The van der Waals surface area contributed by atoms with Crippen molar-refractivity contribution >= 4 is 0 Å². The molecule has 78 valence electrons. The highest BCUT2D eigenvalue weighted by Gasteiger charge is 2.32. The molecule has 3 heteroatoms. The van der Waals surface area contributed by atoms with Crippen molar-refractivity contribution in [2.24, 2.45) is 11.7 Å². The van der Waals surface area contributed by atoms with Gasteiger partial charge in [0.2, 0.25) is 0 Å². The second kappa shape index (κ2) is 4.40. The Morgan fingerprint density at radius 2 is 2.15 bits per heavy atom. The molecule has 4 atom stereocenters. The zero-order chi connectivity index (χ0) is 10.0.